The SMILES string of the molecule is Cc1ccc(C)c(N=C2SCCCN2C(=O)/C=C/c2cccc(F)c2)c1. The van der Waals surface area contributed by atoms with Crippen LogP contribution in [0.25, 0.3) is 6.08 Å². The number of nitrogens with zero attached hydrogens (tertiary/aromatic N) is 2. The Bertz CT molecular complexity index is 876. The second-order valence-electron chi connectivity index (χ2n) is 6.26. The number of halogens is 1. The van der Waals surface area contributed by atoms with Crippen LogP contribution in [0.5, 0.6) is 0 Å². The fourth-order valence-electron chi connectivity index (χ4n) is 2.67. The molecule has 0 aromatic heterocycles. The van der Waals surface area contributed by atoms with Crippen molar-refractivity contribution in [2.24, 2.45) is 4.99 Å². The largest absolute Gasteiger partial charge is 0.288 e. The van der Waals surface area contributed by atoms with Gasteiger partial charge in [0.2, 0.25) is 0 Å². The van der Waals surface area contributed by atoms with Crippen molar-refractivity contribution < 1.29 is 9.18 Å². The van der Waals surface area contributed by atoms with Gasteiger partial charge >= 0.3 is 0 Å². The Labute approximate surface area is 157 Å². The number of aryl methyl sites for hydroxylation is 2. The van der Waals surface area contributed by atoms with Crippen molar-refractivity contribution in [1.29, 1.82) is 0 Å². The standard InChI is InChI=1S/C21H21FN2OS/c1-15-7-8-16(2)19(13-15)23-21-24(11-4-12-26-21)20(25)10-9-17-5-3-6-18(22)14-17/h3,5-10,13-14H,4,11-12H2,1-2H3/b10-9+,23-21?. The van der Waals surface area contributed by atoms with Crippen LogP contribution in [-0.2, 0) is 4.79 Å². The Balaban J connectivity index is 1.83. The van der Waals surface area contributed by atoms with E-state index >= 15 is 0 Å². The zero-order valence-electron chi connectivity index (χ0n) is 14.9. The van der Waals surface area contributed by atoms with Crippen LogP contribution in [0.3, 0.4) is 0 Å². The van der Waals surface area contributed by atoms with E-state index in [0.717, 1.165) is 34.2 Å². The smallest absolute Gasteiger partial charge is 0.252 e. The van der Waals surface area contributed by atoms with Crippen LogP contribution in [0.4, 0.5) is 10.1 Å². The summed E-state index contributed by atoms with van der Waals surface area (Å²) in [7, 11) is 0. The van der Waals surface area contributed by atoms with Gasteiger partial charge in [0.15, 0.2) is 5.17 Å². The molecule has 1 aliphatic rings. The monoisotopic (exact) mass is 368 g/mol. The highest BCUT2D eigenvalue weighted by Gasteiger charge is 2.22. The molecule has 0 atom stereocenters. The number of thioether (sulfide) groups is 1. The third-order valence-corrected chi connectivity index (χ3v) is 5.16. The van der Waals surface area contributed by atoms with Gasteiger partial charge in [0.05, 0.1) is 5.69 Å². The van der Waals surface area contributed by atoms with Gasteiger partial charge in [0.25, 0.3) is 5.91 Å². The first-order valence-corrected chi connectivity index (χ1v) is 9.55. The van der Waals surface area contributed by atoms with E-state index < -0.39 is 0 Å². The van der Waals surface area contributed by atoms with Crippen molar-refractivity contribution in [1.82, 2.24) is 4.90 Å². The Hall–Kier alpha value is -2.40. The lowest BCUT2D eigenvalue weighted by molar-refractivity contribution is -0.122. The van der Waals surface area contributed by atoms with E-state index in [2.05, 4.69) is 6.07 Å². The number of amidine groups is 1. The zero-order chi connectivity index (χ0) is 18.5. The second-order valence-corrected chi connectivity index (χ2v) is 7.33. The number of carbonyl (C=O) groups is 1. The molecule has 1 amide bonds. The van der Waals surface area contributed by atoms with Gasteiger partial charge in [-0.1, -0.05) is 36.0 Å². The van der Waals surface area contributed by atoms with Gasteiger partial charge < -0.3 is 0 Å². The number of rotatable bonds is 3. The molecule has 0 N–H and O–H groups in total. The summed E-state index contributed by atoms with van der Waals surface area (Å²) < 4.78 is 13.3. The van der Waals surface area contributed by atoms with Crippen LogP contribution in [0.2, 0.25) is 0 Å². The predicted octanol–water partition coefficient (Wildman–Crippen LogP) is 5.11. The molecule has 3 rings (SSSR count). The van der Waals surface area contributed by atoms with E-state index in [9.17, 15) is 9.18 Å². The molecule has 1 aliphatic heterocycles. The number of hydrogen-bond donors (Lipinski definition) is 0. The zero-order valence-corrected chi connectivity index (χ0v) is 15.7. The van der Waals surface area contributed by atoms with Gasteiger partial charge in [-0.05, 0) is 61.2 Å². The highest BCUT2D eigenvalue weighted by atomic mass is 32.2. The number of hydrogen-bond acceptors (Lipinski definition) is 3. The van der Waals surface area contributed by atoms with E-state index in [1.807, 2.05) is 26.0 Å². The molecular weight excluding hydrogens is 347 g/mol. The molecule has 0 spiro atoms. The Morgan fingerprint density at radius 3 is 2.88 bits per heavy atom. The van der Waals surface area contributed by atoms with E-state index in [-0.39, 0.29) is 11.7 Å². The van der Waals surface area contributed by atoms with E-state index in [4.69, 9.17) is 4.99 Å². The van der Waals surface area contributed by atoms with Crippen molar-refractivity contribution in [3.63, 3.8) is 0 Å². The van der Waals surface area contributed by atoms with Crippen LogP contribution in [0, 0.1) is 19.7 Å². The quantitative estimate of drug-likeness (QED) is 0.705. The summed E-state index contributed by atoms with van der Waals surface area (Å²) in [6.07, 6.45) is 4.05. The average Bonchev–Trinajstić information content (AvgIpc) is 2.63. The third kappa shape index (κ3) is 4.61. The first kappa shape index (κ1) is 18.4. The Morgan fingerprint density at radius 2 is 2.08 bits per heavy atom. The molecule has 26 heavy (non-hydrogen) atoms. The number of carbonyl (C=O) groups excluding carboxylic acids is 1. The maximum atomic E-state index is 13.3. The summed E-state index contributed by atoms with van der Waals surface area (Å²) in [6, 6.07) is 12.3. The molecule has 0 saturated carbocycles. The molecule has 0 unspecified atom stereocenters. The Kier molecular flexibility index (Phi) is 5.89. The number of aliphatic imine (C=N–C) groups is 1. The van der Waals surface area contributed by atoms with Gasteiger partial charge in [-0.25, -0.2) is 9.38 Å². The summed E-state index contributed by atoms with van der Waals surface area (Å²) in [5, 5.41) is 0.721. The highest BCUT2D eigenvalue weighted by Crippen LogP contribution is 2.26. The maximum Gasteiger partial charge on any atom is 0.252 e. The molecule has 1 heterocycles. The van der Waals surface area contributed by atoms with E-state index in [0.29, 0.717) is 12.1 Å². The van der Waals surface area contributed by atoms with Crippen molar-refractivity contribution >= 4 is 34.6 Å². The molecule has 134 valence electrons. The van der Waals surface area contributed by atoms with Crippen molar-refractivity contribution in [3.05, 3.63) is 71.0 Å². The van der Waals surface area contributed by atoms with Gasteiger partial charge in [-0.15, -0.1) is 0 Å². The molecule has 3 nitrogen and oxygen atoms in total. The first-order valence-electron chi connectivity index (χ1n) is 8.57. The van der Waals surface area contributed by atoms with Gasteiger partial charge in [0, 0.05) is 18.4 Å². The summed E-state index contributed by atoms with van der Waals surface area (Å²) >= 11 is 1.59. The van der Waals surface area contributed by atoms with Crippen molar-refractivity contribution in [2.75, 3.05) is 12.3 Å². The minimum Gasteiger partial charge on any atom is -0.288 e. The lowest BCUT2D eigenvalue weighted by Gasteiger charge is -2.27. The van der Waals surface area contributed by atoms with Crippen LogP contribution in [-0.4, -0.2) is 28.3 Å². The van der Waals surface area contributed by atoms with Gasteiger partial charge in [0.1, 0.15) is 5.82 Å². The summed E-state index contributed by atoms with van der Waals surface area (Å²) in [6.45, 7) is 4.69. The minimum absolute atomic E-state index is 0.134. The molecule has 2 aromatic rings. The lowest BCUT2D eigenvalue weighted by Crippen LogP contribution is -2.38. The van der Waals surface area contributed by atoms with Crippen LogP contribution in [0.1, 0.15) is 23.1 Å². The van der Waals surface area contributed by atoms with Crippen LogP contribution >= 0.6 is 11.8 Å². The number of amides is 1. The minimum atomic E-state index is -0.315. The molecular formula is C21H21FN2OS. The summed E-state index contributed by atoms with van der Waals surface area (Å²) in [4.78, 5) is 19.1. The summed E-state index contributed by atoms with van der Waals surface area (Å²) in [5.74, 6) is 0.497. The van der Waals surface area contributed by atoms with Crippen molar-refractivity contribution in [2.45, 2.75) is 20.3 Å². The third-order valence-electron chi connectivity index (χ3n) is 4.10. The maximum absolute atomic E-state index is 13.3. The van der Waals surface area contributed by atoms with E-state index in [1.165, 1.54) is 18.2 Å². The molecule has 2 aromatic carbocycles. The van der Waals surface area contributed by atoms with Crippen LogP contribution in [0.15, 0.2) is 53.5 Å². The number of benzene rings is 2. The molecule has 1 fully saturated rings. The summed E-state index contributed by atoms with van der Waals surface area (Å²) in [5.41, 5.74) is 3.77. The molecule has 0 radical (unpaired) electrons. The van der Waals surface area contributed by atoms with E-state index in [1.54, 1.807) is 34.9 Å². The molecule has 0 aliphatic carbocycles. The highest BCUT2D eigenvalue weighted by molar-refractivity contribution is 8.13. The topological polar surface area (TPSA) is 32.7 Å². The van der Waals surface area contributed by atoms with Gasteiger partial charge in [-0.2, -0.15) is 0 Å². The fraction of sp³-hybridized carbons (Fsp3) is 0.238. The van der Waals surface area contributed by atoms with Crippen molar-refractivity contribution in [3.8, 4) is 0 Å². The average molecular weight is 368 g/mol. The first-order chi connectivity index (χ1) is 12.5. The fourth-order valence-corrected chi connectivity index (χ4v) is 3.62. The predicted molar refractivity (Wildman–Crippen MR) is 107 cm³/mol. The molecule has 1 saturated heterocycles. The second kappa shape index (κ2) is 8.32. The molecule has 0 bridgehead atoms. The van der Waals surface area contributed by atoms with Gasteiger partial charge in [-0.3, -0.25) is 9.69 Å². The van der Waals surface area contributed by atoms with Crippen LogP contribution < -0.4 is 0 Å². The lowest BCUT2D eigenvalue weighted by atomic mass is 10.1. The normalized spacial score (nSPS) is 16.4. The molecule has 5 heteroatoms. The Morgan fingerprint density at radius 1 is 1.23 bits per heavy atom.